The molecular weight excluding hydrogens is 234 g/mol. The van der Waals surface area contributed by atoms with Crippen molar-refractivity contribution in [3.05, 3.63) is 59.2 Å². The van der Waals surface area contributed by atoms with E-state index < -0.39 is 0 Å². The van der Waals surface area contributed by atoms with Crippen molar-refractivity contribution in [3.63, 3.8) is 0 Å². The van der Waals surface area contributed by atoms with Crippen LogP contribution in [0.3, 0.4) is 0 Å². The monoisotopic (exact) mass is 253 g/mol. The predicted molar refractivity (Wildman–Crippen MR) is 75.9 cm³/mol. The van der Waals surface area contributed by atoms with Gasteiger partial charge in [-0.15, -0.1) is 0 Å². The molecule has 19 heavy (non-hydrogen) atoms. The number of hydrogen-bond acceptors (Lipinski definition) is 3. The number of rotatable bonds is 5. The molecule has 1 aromatic carbocycles. The van der Waals surface area contributed by atoms with Crippen LogP contribution in [0.1, 0.15) is 35.6 Å². The number of benzene rings is 1. The summed E-state index contributed by atoms with van der Waals surface area (Å²) >= 11 is 0. The fourth-order valence-electron chi connectivity index (χ4n) is 2.18. The van der Waals surface area contributed by atoms with Crippen molar-refractivity contribution >= 4 is 0 Å². The first-order valence-corrected chi connectivity index (χ1v) is 6.90. The van der Waals surface area contributed by atoms with Crippen LogP contribution in [0.4, 0.5) is 0 Å². The quantitative estimate of drug-likeness (QED) is 0.890. The maximum absolute atomic E-state index is 4.65. The number of hydrogen-bond donors (Lipinski definition) is 1. The van der Waals surface area contributed by atoms with E-state index >= 15 is 0 Å². The maximum Gasteiger partial charge on any atom is 0.133 e. The van der Waals surface area contributed by atoms with Gasteiger partial charge in [-0.1, -0.05) is 30.3 Å². The van der Waals surface area contributed by atoms with Crippen molar-refractivity contribution in [2.24, 2.45) is 0 Å². The molecule has 98 valence electrons. The Bertz CT molecular complexity index is 547. The molecule has 0 radical (unpaired) electrons. The summed E-state index contributed by atoms with van der Waals surface area (Å²) in [6.07, 6.45) is 3.42. The Kier molecular flexibility index (Phi) is 3.56. The van der Waals surface area contributed by atoms with Crippen molar-refractivity contribution in [2.75, 3.05) is 0 Å². The van der Waals surface area contributed by atoms with E-state index in [9.17, 15) is 0 Å². The van der Waals surface area contributed by atoms with Crippen LogP contribution in [0.15, 0.2) is 36.4 Å². The van der Waals surface area contributed by atoms with Crippen LogP contribution < -0.4 is 5.32 Å². The fourth-order valence-corrected chi connectivity index (χ4v) is 2.18. The first-order valence-electron chi connectivity index (χ1n) is 6.90. The van der Waals surface area contributed by atoms with Gasteiger partial charge in [0, 0.05) is 24.7 Å². The minimum Gasteiger partial charge on any atom is -0.308 e. The molecule has 3 nitrogen and oxygen atoms in total. The fraction of sp³-hybridized carbons (Fsp3) is 0.375. The third kappa shape index (κ3) is 3.61. The van der Waals surface area contributed by atoms with Crippen molar-refractivity contribution in [2.45, 2.75) is 38.8 Å². The maximum atomic E-state index is 4.65. The van der Waals surface area contributed by atoms with Crippen LogP contribution in [-0.4, -0.2) is 16.0 Å². The van der Waals surface area contributed by atoms with Gasteiger partial charge in [-0.2, -0.15) is 0 Å². The Labute approximate surface area is 114 Å². The summed E-state index contributed by atoms with van der Waals surface area (Å²) < 4.78 is 0. The zero-order valence-corrected chi connectivity index (χ0v) is 11.3. The van der Waals surface area contributed by atoms with E-state index in [0.29, 0.717) is 6.04 Å². The summed E-state index contributed by atoms with van der Waals surface area (Å²) in [4.78, 5) is 9.19. The van der Waals surface area contributed by atoms with E-state index in [0.717, 1.165) is 30.2 Å². The highest BCUT2D eigenvalue weighted by molar-refractivity contribution is 5.20. The highest BCUT2D eigenvalue weighted by Crippen LogP contribution is 2.19. The van der Waals surface area contributed by atoms with E-state index in [2.05, 4.69) is 45.6 Å². The second-order valence-electron chi connectivity index (χ2n) is 5.23. The normalized spacial score (nSPS) is 14.6. The van der Waals surface area contributed by atoms with Crippen molar-refractivity contribution in [1.82, 2.24) is 15.3 Å². The lowest BCUT2D eigenvalue weighted by atomic mass is 10.1. The number of nitrogens with zero attached hydrogens (tertiary/aromatic N) is 2. The SMILES string of the molecule is Cc1cc(CNC2CC2)nc(Cc2ccccc2)n1. The van der Waals surface area contributed by atoms with E-state index in [1.165, 1.54) is 18.4 Å². The third-order valence-electron chi connectivity index (χ3n) is 3.31. The molecular formula is C16H19N3. The molecule has 3 heteroatoms. The lowest BCUT2D eigenvalue weighted by Gasteiger charge is -2.07. The zero-order chi connectivity index (χ0) is 13.1. The minimum atomic E-state index is 0.716. The number of nitrogens with one attached hydrogen (secondary N) is 1. The molecule has 0 unspecified atom stereocenters. The average Bonchev–Trinajstić information content (AvgIpc) is 3.21. The Morgan fingerprint density at radius 2 is 1.95 bits per heavy atom. The molecule has 0 saturated heterocycles. The van der Waals surface area contributed by atoms with Crippen LogP contribution in [0, 0.1) is 6.92 Å². The largest absolute Gasteiger partial charge is 0.308 e. The molecule has 1 saturated carbocycles. The van der Waals surface area contributed by atoms with Gasteiger partial charge in [-0.3, -0.25) is 0 Å². The molecule has 0 aliphatic heterocycles. The second kappa shape index (κ2) is 5.49. The highest BCUT2D eigenvalue weighted by Gasteiger charge is 2.20. The molecule has 1 heterocycles. The molecule has 0 amide bonds. The summed E-state index contributed by atoms with van der Waals surface area (Å²) in [5.74, 6) is 0.916. The van der Waals surface area contributed by atoms with Crippen LogP contribution in [0.5, 0.6) is 0 Å². The van der Waals surface area contributed by atoms with Crippen molar-refractivity contribution < 1.29 is 0 Å². The second-order valence-corrected chi connectivity index (χ2v) is 5.23. The van der Waals surface area contributed by atoms with Gasteiger partial charge in [0.25, 0.3) is 0 Å². The number of aromatic nitrogens is 2. The van der Waals surface area contributed by atoms with Gasteiger partial charge in [0.05, 0.1) is 5.69 Å². The smallest absolute Gasteiger partial charge is 0.133 e. The summed E-state index contributed by atoms with van der Waals surface area (Å²) in [6.45, 7) is 2.90. The molecule has 1 aliphatic rings. The van der Waals surface area contributed by atoms with Gasteiger partial charge in [-0.05, 0) is 31.4 Å². The third-order valence-corrected chi connectivity index (χ3v) is 3.31. The topological polar surface area (TPSA) is 37.8 Å². The first kappa shape index (κ1) is 12.3. The molecule has 1 N–H and O–H groups in total. The molecule has 0 spiro atoms. The Balaban J connectivity index is 1.72. The van der Waals surface area contributed by atoms with Gasteiger partial charge in [0.1, 0.15) is 5.82 Å². The lowest BCUT2D eigenvalue weighted by Crippen LogP contribution is -2.17. The Morgan fingerprint density at radius 1 is 1.16 bits per heavy atom. The molecule has 0 atom stereocenters. The van der Waals surface area contributed by atoms with E-state index in [-0.39, 0.29) is 0 Å². The van der Waals surface area contributed by atoms with Gasteiger partial charge in [0.15, 0.2) is 0 Å². The summed E-state index contributed by atoms with van der Waals surface area (Å²) in [5.41, 5.74) is 3.41. The van der Waals surface area contributed by atoms with Gasteiger partial charge < -0.3 is 5.32 Å². The average molecular weight is 253 g/mol. The molecule has 0 bridgehead atoms. The van der Waals surface area contributed by atoms with Crippen molar-refractivity contribution in [3.8, 4) is 0 Å². The number of aryl methyl sites for hydroxylation is 1. The summed E-state index contributed by atoms with van der Waals surface area (Å²) in [7, 11) is 0. The lowest BCUT2D eigenvalue weighted by molar-refractivity contribution is 0.667. The van der Waals surface area contributed by atoms with Crippen molar-refractivity contribution in [1.29, 1.82) is 0 Å². The van der Waals surface area contributed by atoms with E-state index in [4.69, 9.17) is 0 Å². The zero-order valence-electron chi connectivity index (χ0n) is 11.3. The van der Waals surface area contributed by atoms with Crippen LogP contribution in [0.2, 0.25) is 0 Å². The molecule has 1 aromatic heterocycles. The highest BCUT2D eigenvalue weighted by atomic mass is 15.0. The van der Waals surface area contributed by atoms with E-state index in [1.54, 1.807) is 0 Å². The predicted octanol–water partition coefficient (Wildman–Crippen LogP) is 2.63. The van der Waals surface area contributed by atoms with Crippen LogP contribution in [0.25, 0.3) is 0 Å². The summed E-state index contributed by atoms with van der Waals surface area (Å²) in [5, 5.41) is 3.50. The van der Waals surface area contributed by atoms with E-state index in [1.807, 2.05) is 13.0 Å². The first-order chi connectivity index (χ1) is 9.29. The molecule has 1 fully saturated rings. The minimum absolute atomic E-state index is 0.716. The standard InChI is InChI=1S/C16H19N3/c1-12-9-15(11-17-14-7-8-14)19-16(18-12)10-13-5-3-2-4-6-13/h2-6,9,14,17H,7-8,10-11H2,1H3. The Morgan fingerprint density at radius 3 is 2.68 bits per heavy atom. The molecule has 1 aliphatic carbocycles. The molecule has 3 rings (SSSR count). The van der Waals surface area contributed by atoms with Crippen LogP contribution in [-0.2, 0) is 13.0 Å². The van der Waals surface area contributed by atoms with Gasteiger partial charge in [-0.25, -0.2) is 9.97 Å². The van der Waals surface area contributed by atoms with Gasteiger partial charge in [0.2, 0.25) is 0 Å². The Hall–Kier alpha value is -1.74. The summed E-state index contributed by atoms with van der Waals surface area (Å²) in [6, 6.07) is 13.2. The van der Waals surface area contributed by atoms with Crippen LogP contribution >= 0.6 is 0 Å². The molecule has 2 aromatic rings. The van der Waals surface area contributed by atoms with Gasteiger partial charge >= 0.3 is 0 Å².